The predicted octanol–water partition coefficient (Wildman–Crippen LogP) is 3.09. The fourth-order valence-electron chi connectivity index (χ4n) is 1.46. The van der Waals surface area contributed by atoms with Gasteiger partial charge in [0.1, 0.15) is 0 Å². The van der Waals surface area contributed by atoms with Crippen molar-refractivity contribution in [3.05, 3.63) is 27.7 Å². The summed E-state index contributed by atoms with van der Waals surface area (Å²) in [7, 11) is 0. The fraction of sp³-hybridized carbons (Fsp3) is 0.300. The van der Waals surface area contributed by atoms with E-state index in [1.54, 1.807) is 6.07 Å². The molecule has 0 bridgehead atoms. The molecule has 0 aliphatic carbocycles. The summed E-state index contributed by atoms with van der Waals surface area (Å²) in [5.74, 6) is 0.766. The largest absolute Gasteiger partial charge is 0.354 e. The zero-order valence-corrected chi connectivity index (χ0v) is 11.0. The lowest BCUT2D eigenvalue weighted by Crippen LogP contribution is -2.26. The zero-order valence-electron chi connectivity index (χ0n) is 8.68. The molecule has 0 atom stereocenters. The molecule has 0 radical (unpaired) electrons. The van der Waals surface area contributed by atoms with Crippen LogP contribution in [0.5, 0.6) is 0 Å². The van der Waals surface area contributed by atoms with E-state index < -0.39 is 0 Å². The number of nitrogens with one attached hydrogen (secondary N) is 2. The summed E-state index contributed by atoms with van der Waals surface area (Å²) in [4.78, 5) is 4.24. The molecule has 0 aromatic heterocycles. The highest BCUT2D eigenvalue weighted by atomic mass is 35.5. The van der Waals surface area contributed by atoms with E-state index in [1.165, 1.54) is 0 Å². The number of hydrogen-bond acceptors (Lipinski definition) is 3. The van der Waals surface area contributed by atoms with Crippen LogP contribution in [-0.2, 0) is 0 Å². The van der Waals surface area contributed by atoms with E-state index in [0.717, 1.165) is 30.3 Å². The summed E-state index contributed by atoms with van der Waals surface area (Å²) in [6.07, 6.45) is 0. The molecule has 3 nitrogen and oxygen atoms in total. The van der Waals surface area contributed by atoms with Gasteiger partial charge in [-0.05, 0) is 24.6 Å². The van der Waals surface area contributed by atoms with Gasteiger partial charge in [-0.2, -0.15) is 0 Å². The van der Waals surface area contributed by atoms with Crippen molar-refractivity contribution >= 4 is 47.3 Å². The molecule has 88 valence electrons. The molecular weight excluding hydrogens is 268 g/mol. The van der Waals surface area contributed by atoms with Gasteiger partial charge in [-0.3, -0.25) is 4.99 Å². The van der Waals surface area contributed by atoms with Crippen LogP contribution in [0.4, 0.5) is 5.69 Å². The summed E-state index contributed by atoms with van der Waals surface area (Å²) < 4.78 is 0. The Labute approximate surface area is 111 Å². The van der Waals surface area contributed by atoms with Crippen molar-refractivity contribution in [2.45, 2.75) is 6.92 Å². The van der Waals surface area contributed by atoms with Crippen molar-refractivity contribution in [1.29, 1.82) is 0 Å². The number of nitrogens with zero attached hydrogens (tertiary/aromatic N) is 1. The molecule has 2 rings (SSSR count). The highest BCUT2D eigenvalue weighted by molar-refractivity contribution is 6.37. The van der Waals surface area contributed by atoms with Crippen LogP contribution in [0, 0.1) is 6.92 Å². The number of rotatable bonds is 1. The van der Waals surface area contributed by atoms with Crippen molar-refractivity contribution in [3.8, 4) is 0 Å². The van der Waals surface area contributed by atoms with Gasteiger partial charge >= 0.3 is 0 Å². The third-order valence-corrected chi connectivity index (χ3v) is 2.69. The Bertz CT molecular complexity index is 395. The molecule has 0 spiro atoms. The second-order valence-corrected chi connectivity index (χ2v) is 4.21. The van der Waals surface area contributed by atoms with Crippen molar-refractivity contribution in [1.82, 2.24) is 5.32 Å². The Morgan fingerprint density at radius 1 is 1.38 bits per heavy atom. The number of guanidine groups is 1. The van der Waals surface area contributed by atoms with Gasteiger partial charge in [-0.25, -0.2) is 0 Å². The third kappa shape index (κ3) is 2.94. The van der Waals surface area contributed by atoms with Crippen LogP contribution in [0.3, 0.4) is 0 Å². The van der Waals surface area contributed by atoms with E-state index in [0.29, 0.717) is 10.0 Å². The highest BCUT2D eigenvalue weighted by Crippen LogP contribution is 2.29. The lowest BCUT2D eigenvalue weighted by atomic mass is 10.2. The topological polar surface area (TPSA) is 36.4 Å². The van der Waals surface area contributed by atoms with Gasteiger partial charge < -0.3 is 10.6 Å². The monoisotopic (exact) mass is 279 g/mol. The van der Waals surface area contributed by atoms with Crippen LogP contribution >= 0.6 is 35.6 Å². The summed E-state index contributed by atoms with van der Waals surface area (Å²) in [5.41, 5.74) is 1.86. The lowest BCUT2D eigenvalue weighted by molar-refractivity contribution is 0.959. The molecule has 1 aromatic carbocycles. The van der Waals surface area contributed by atoms with E-state index >= 15 is 0 Å². The Kier molecular flexibility index (Phi) is 4.71. The van der Waals surface area contributed by atoms with Crippen LogP contribution in [0.1, 0.15) is 5.56 Å². The van der Waals surface area contributed by atoms with Crippen LogP contribution in [0.2, 0.25) is 10.0 Å². The first kappa shape index (κ1) is 13.4. The van der Waals surface area contributed by atoms with Gasteiger partial charge in [0.15, 0.2) is 5.96 Å². The molecule has 1 heterocycles. The number of hydrogen-bond donors (Lipinski definition) is 2. The molecular formula is C10H12Cl3N3. The SMILES string of the molecule is Cc1cc(Cl)cc(Cl)c1NC1=NCCN1.Cl. The minimum atomic E-state index is 0. The van der Waals surface area contributed by atoms with Crippen LogP contribution < -0.4 is 10.6 Å². The summed E-state index contributed by atoms with van der Waals surface area (Å²) in [6, 6.07) is 3.58. The number of aliphatic imine (C=N–C) groups is 1. The average molecular weight is 281 g/mol. The maximum Gasteiger partial charge on any atom is 0.195 e. The minimum Gasteiger partial charge on any atom is -0.354 e. The first-order chi connectivity index (χ1) is 7.16. The van der Waals surface area contributed by atoms with Gasteiger partial charge in [-0.1, -0.05) is 23.2 Å². The Morgan fingerprint density at radius 3 is 2.69 bits per heavy atom. The average Bonchev–Trinajstić information content (AvgIpc) is 2.63. The first-order valence-corrected chi connectivity index (χ1v) is 5.43. The van der Waals surface area contributed by atoms with Crippen molar-refractivity contribution in [2.24, 2.45) is 4.99 Å². The predicted molar refractivity (Wildman–Crippen MR) is 72.4 cm³/mol. The van der Waals surface area contributed by atoms with E-state index in [1.807, 2.05) is 13.0 Å². The van der Waals surface area contributed by atoms with Gasteiger partial charge in [-0.15, -0.1) is 12.4 Å². The van der Waals surface area contributed by atoms with Crippen molar-refractivity contribution in [2.75, 3.05) is 18.4 Å². The molecule has 2 N–H and O–H groups in total. The fourth-order valence-corrected chi connectivity index (χ4v) is 2.10. The minimum absolute atomic E-state index is 0. The molecule has 0 saturated carbocycles. The number of halogens is 3. The molecule has 0 fully saturated rings. The number of aryl methyl sites for hydroxylation is 1. The van der Waals surface area contributed by atoms with Crippen molar-refractivity contribution < 1.29 is 0 Å². The van der Waals surface area contributed by atoms with Crippen molar-refractivity contribution in [3.63, 3.8) is 0 Å². The van der Waals surface area contributed by atoms with Gasteiger partial charge in [0.25, 0.3) is 0 Å². The zero-order chi connectivity index (χ0) is 10.8. The van der Waals surface area contributed by atoms with Crippen LogP contribution in [0.15, 0.2) is 17.1 Å². The molecule has 6 heteroatoms. The van der Waals surface area contributed by atoms with E-state index in [4.69, 9.17) is 23.2 Å². The smallest absolute Gasteiger partial charge is 0.195 e. The normalized spacial score (nSPS) is 13.8. The molecule has 0 saturated heterocycles. The highest BCUT2D eigenvalue weighted by Gasteiger charge is 2.10. The Hall–Kier alpha value is -0.640. The quantitative estimate of drug-likeness (QED) is 0.829. The Morgan fingerprint density at radius 2 is 2.12 bits per heavy atom. The third-order valence-electron chi connectivity index (χ3n) is 2.17. The summed E-state index contributed by atoms with van der Waals surface area (Å²) in [6.45, 7) is 3.62. The first-order valence-electron chi connectivity index (χ1n) is 4.68. The Balaban J connectivity index is 0.00000128. The summed E-state index contributed by atoms with van der Waals surface area (Å²) >= 11 is 12.0. The van der Waals surface area contributed by atoms with Gasteiger partial charge in [0.2, 0.25) is 0 Å². The molecule has 1 aliphatic rings. The molecule has 0 unspecified atom stereocenters. The van der Waals surface area contributed by atoms with E-state index in [-0.39, 0.29) is 12.4 Å². The maximum absolute atomic E-state index is 6.08. The van der Waals surface area contributed by atoms with E-state index in [2.05, 4.69) is 15.6 Å². The molecule has 16 heavy (non-hydrogen) atoms. The van der Waals surface area contributed by atoms with Gasteiger partial charge in [0.05, 0.1) is 17.3 Å². The second-order valence-electron chi connectivity index (χ2n) is 3.36. The van der Waals surface area contributed by atoms with Crippen LogP contribution in [0.25, 0.3) is 0 Å². The number of anilines is 1. The summed E-state index contributed by atoms with van der Waals surface area (Å²) in [5, 5.41) is 7.53. The molecule has 1 aliphatic heterocycles. The standard InChI is InChI=1S/C10H11Cl2N3.ClH/c1-6-4-7(11)5-8(12)9(6)15-10-13-2-3-14-10;/h4-5H,2-3H2,1H3,(H2,13,14,15);1H. The second kappa shape index (κ2) is 5.62. The van der Waals surface area contributed by atoms with E-state index in [9.17, 15) is 0 Å². The molecule has 1 aromatic rings. The maximum atomic E-state index is 6.08. The molecule has 0 amide bonds. The van der Waals surface area contributed by atoms with Gasteiger partial charge in [0, 0.05) is 11.6 Å². The lowest BCUT2D eigenvalue weighted by Gasteiger charge is -2.11. The number of benzene rings is 1. The van der Waals surface area contributed by atoms with Crippen LogP contribution in [-0.4, -0.2) is 19.0 Å².